The number of aromatic nitrogens is 4. The van der Waals surface area contributed by atoms with Crippen molar-refractivity contribution in [1.82, 2.24) is 30.0 Å². The number of benzene rings is 2. The summed E-state index contributed by atoms with van der Waals surface area (Å²) in [6, 6.07) is 10.8. The van der Waals surface area contributed by atoms with Crippen molar-refractivity contribution in [3.63, 3.8) is 0 Å². The van der Waals surface area contributed by atoms with E-state index in [2.05, 4.69) is 27.3 Å². The number of H-pyrrole nitrogens is 1. The first-order valence-electron chi connectivity index (χ1n) is 13.5. The van der Waals surface area contributed by atoms with E-state index in [0.717, 1.165) is 37.2 Å². The first-order valence-corrected chi connectivity index (χ1v) is 14.6. The third kappa shape index (κ3) is 6.23. The lowest BCUT2D eigenvalue weighted by atomic mass is 10.1. The molecule has 3 heterocycles. The van der Waals surface area contributed by atoms with E-state index in [-0.39, 0.29) is 23.6 Å². The summed E-state index contributed by atoms with van der Waals surface area (Å²) in [5, 5.41) is 9.19. The van der Waals surface area contributed by atoms with E-state index < -0.39 is 0 Å². The molecule has 1 saturated heterocycles. The highest BCUT2D eigenvalue weighted by atomic mass is 35.5. The van der Waals surface area contributed by atoms with Gasteiger partial charge in [-0.05, 0) is 68.7 Å². The summed E-state index contributed by atoms with van der Waals surface area (Å²) in [6.45, 7) is 5.86. The Morgan fingerprint density at radius 1 is 1.12 bits per heavy atom. The molecule has 12 heteroatoms. The zero-order chi connectivity index (χ0) is 29.4. The lowest BCUT2D eigenvalue weighted by Gasteiger charge is -2.30. The molecule has 1 aliphatic rings. The fourth-order valence-corrected chi connectivity index (χ4v) is 6.03. The third-order valence-corrected chi connectivity index (χ3v) is 8.19. The van der Waals surface area contributed by atoms with E-state index in [1.165, 1.54) is 4.68 Å². The van der Waals surface area contributed by atoms with Crippen molar-refractivity contribution in [2.45, 2.75) is 45.1 Å². The van der Waals surface area contributed by atoms with Crippen molar-refractivity contribution in [2.75, 3.05) is 32.1 Å². The summed E-state index contributed by atoms with van der Waals surface area (Å²) < 4.78 is 1.52. The molecule has 2 amide bonds. The minimum Gasteiger partial charge on any atom is -0.335 e. The van der Waals surface area contributed by atoms with E-state index in [9.17, 15) is 9.59 Å². The predicted molar refractivity (Wildman–Crippen MR) is 165 cm³/mol. The summed E-state index contributed by atoms with van der Waals surface area (Å²) >= 11 is 19.2. The van der Waals surface area contributed by atoms with Crippen molar-refractivity contribution >= 4 is 57.6 Å². The van der Waals surface area contributed by atoms with Crippen LogP contribution in [0.25, 0.3) is 16.7 Å². The summed E-state index contributed by atoms with van der Waals surface area (Å²) in [4.78, 5) is 37.7. The third-order valence-electron chi connectivity index (χ3n) is 7.40. The van der Waals surface area contributed by atoms with Gasteiger partial charge in [0.1, 0.15) is 16.9 Å². The van der Waals surface area contributed by atoms with Gasteiger partial charge in [0, 0.05) is 30.2 Å². The number of halogens is 3. The highest BCUT2D eigenvalue weighted by Crippen LogP contribution is 2.34. The smallest absolute Gasteiger partial charge is 0.321 e. The van der Waals surface area contributed by atoms with Gasteiger partial charge in [0.05, 0.1) is 15.7 Å². The Morgan fingerprint density at radius 3 is 2.37 bits per heavy atom. The van der Waals surface area contributed by atoms with Crippen LogP contribution in [-0.2, 0) is 6.42 Å². The van der Waals surface area contributed by atoms with Gasteiger partial charge in [0.25, 0.3) is 5.56 Å². The number of fused-ring (bicyclic) bond motifs is 1. The Kier molecular flexibility index (Phi) is 8.61. The largest absolute Gasteiger partial charge is 0.335 e. The number of carbonyl (C=O) groups is 1. The second-order valence-electron chi connectivity index (χ2n) is 10.8. The Hall–Kier alpha value is -3.11. The summed E-state index contributed by atoms with van der Waals surface area (Å²) in [5.41, 5.74) is 2.75. The van der Waals surface area contributed by atoms with E-state index in [0.29, 0.717) is 49.7 Å². The number of piperidine rings is 1. The first kappa shape index (κ1) is 29.4. The van der Waals surface area contributed by atoms with Crippen LogP contribution in [0, 0.1) is 0 Å². The number of nitrogens with zero attached hydrogens (tertiary/aromatic N) is 5. The van der Waals surface area contributed by atoms with Crippen molar-refractivity contribution in [3.8, 4) is 5.69 Å². The van der Waals surface area contributed by atoms with Crippen molar-refractivity contribution in [2.24, 2.45) is 0 Å². The average molecular weight is 617 g/mol. The number of hydrogen-bond donors (Lipinski definition) is 2. The minimum atomic E-state index is -0.289. The summed E-state index contributed by atoms with van der Waals surface area (Å²) in [6.07, 6.45) is 2.25. The number of carbonyl (C=O) groups excluding carboxylic acids is 1. The van der Waals surface area contributed by atoms with Crippen LogP contribution >= 0.6 is 34.8 Å². The highest BCUT2D eigenvalue weighted by Gasteiger charge is 2.24. The number of anilines is 1. The molecule has 5 rings (SSSR count). The fourth-order valence-electron chi connectivity index (χ4n) is 5.05. The number of urea groups is 1. The quantitative estimate of drug-likeness (QED) is 0.276. The Balaban J connectivity index is 1.41. The van der Waals surface area contributed by atoms with E-state index in [1.54, 1.807) is 24.1 Å². The van der Waals surface area contributed by atoms with Crippen molar-refractivity contribution < 1.29 is 4.79 Å². The zero-order valence-electron chi connectivity index (χ0n) is 23.3. The number of nitrogens with one attached hydrogen (secondary N) is 2. The molecule has 4 aromatic rings. The van der Waals surface area contributed by atoms with Crippen molar-refractivity contribution in [1.29, 1.82) is 0 Å². The molecule has 0 aliphatic carbocycles. The molecular formula is C29H32Cl3N7O2. The minimum absolute atomic E-state index is 0.0430. The lowest BCUT2D eigenvalue weighted by Crippen LogP contribution is -2.47. The average Bonchev–Trinajstić information content (AvgIpc) is 3.29. The van der Waals surface area contributed by atoms with Crippen LogP contribution in [0.4, 0.5) is 10.5 Å². The molecule has 0 unspecified atom stereocenters. The predicted octanol–water partition coefficient (Wildman–Crippen LogP) is 6.02. The molecular weight excluding hydrogens is 585 g/mol. The molecule has 1 aliphatic heterocycles. The molecule has 1 fully saturated rings. The maximum Gasteiger partial charge on any atom is 0.321 e. The molecule has 2 aromatic carbocycles. The van der Waals surface area contributed by atoms with E-state index in [1.807, 2.05) is 38.1 Å². The standard InChI is InChI=1S/C29H32Cl3N7O2/c1-16(2)25-24-27(39(36-25)26-21(31)14-18(30)15-22(26)32)34-23(35-28(24)40)13-17-5-7-20(8-6-17)38(4)29(41)33-19-9-11-37(3)12-10-19/h5-8,14-16,19H,9-13H2,1-4H3,(H,33,41)(H,34,35,40). The van der Waals surface area contributed by atoms with Crippen LogP contribution in [0.2, 0.25) is 15.1 Å². The van der Waals surface area contributed by atoms with Gasteiger partial charge in [-0.2, -0.15) is 5.10 Å². The van der Waals surface area contributed by atoms with Crippen LogP contribution in [-0.4, -0.2) is 63.9 Å². The first-order chi connectivity index (χ1) is 19.5. The molecule has 2 N–H and O–H groups in total. The molecule has 0 bridgehead atoms. The highest BCUT2D eigenvalue weighted by molar-refractivity contribution is 6.40. The second-order valence-corrected chi connectivity index (χ2v) is 12.1. The fraction of sp³-hybridized carbons (Fsp3) is 0.379. The molecule has 0 atom stereocenters. The van der Waals surface area contributed by atoms with Gasteiger partial charge >= 0.3 is 6.03 Å². The maximum atomic E-state index is 13.3. The van der Waals surface area contributed by atoms with Gasteiger partial charge in [0.2, 0.25) is 0 Å². The van der Waals surface area contributed by atoms with E-state index in [4.69, 9.17) is 39.8 Å². The molecule has 9 nitrogen and oxygen atoms in total. The molecule has 0 radical (unpaired) electrons. The molecule has 41 heavy (non-hydrogen) atoms. The van der Waals surface area contributed by atoms with Gasteiger partial charge in [-0.15, -0.1) is 0 Å². The van der Waals surface area contributed by atoms with Gasteiger partial charge in [-0.3, -0.25) is 9.69 Å². The Morgan fingerprint density at radius 2 is 1.76 bits per heavy atom. The van der Waals surface area contributed by atoms with Crippen LogP contribution < -0.4 is 15.8 Å². The van der Waals surface area contributed by atoms with Crippen LogP contribution in [0.15, 0.2) is 41.2 Å². The van der Waals surface area contributed by atoms with Crippen molar-refractivity contribution in [3.05, 3.63) is 78.9 Å². The van der Waals surface area contributed by atoms with Gasteiger partial charge in [-0.25, -0.2) is 14.5 Å². The topological polar surface area (TPSA) is 99.2 Å². The Labute approximate surface area is 253 Å². The van der Waals surface area contributed by atoms with Crippen LogP contribution in [0.1, 0.15) is 49.7 Å². The molecule has 2 aromatic heterocycles. The van der Waals surface area contributed by atoms with Gasteiger partial charge in [-0.1, -0.05) is 60.8 Å². The number of hydrogen-bond acceptors (Lipinski definition) is 5. The zero-order valence-corrected chi connectivity index (χ0v) is 25.6. The number of amides is 2. The van der Waals surface area contributed by atoms with E-state index >= 15 is 0 Å². The summed E-state index contributed by atoms with van der Waals surface area (Å²) in [7, 11) is 3.85. The molecule has 0 saturated carbocycles. The van der Waals surface area contributed by atoms with Crippen LogP contribution in [0.5, 0.6) is 0 Å². The molecule has 0 spiro atoms. The Bertz CT molecular complexity index is 1620. The van der Waals surface area contributed by atoms with Crippen LogP contribution in [0.3, 0.4) is 0 Å². The maximum absolute atomic E-state index is 13.3. The van der Waals surface area contributed by atoms with Gasteiger partial charge in [0.15, 0.2) is 5.65 Å². The lowest BCUT2D eigenvalue weighted by molar-refractivity contribution is 0.218. The molecule has 216 valence electrons. The number of likely N-dealkylation sites (tertiary alicyclic amines) is 1. The second kappa shape index (κ2) is 12.0. The van der Waals surface area contributed by atoms with Gasteiger partial charge < -0.3 is 15.2 Å². The number of rotatable bonds is 6. The number of aromatic amines is 1. The monoisotopic (exact) mass is 615 g/mol. The SMILES string of the molecule is CC(C)c1nn(-c2c(Cl)cc(Cl)cc2Cl)c2nc(Cc3ccc(N(C)C(=O)NC4CCN(C)CC4)cc3)[nH]c(=O)c12. The summed E-state index contributed by atoms with van der Waals surface area (Å²) in [5.74, 6) is 0.416. The normalized spacial score (nSPS) is 14.6.